The second-order valence-electron chi connectivity index (χ2n) is 4.78. The molecule has 0 bridgehead atoms. The van der Waals surface area contributed by atoms with E-state index in [-0.39, 0.29) is 18.3 Å². The number of halogens is 1. The van der Waals surface area contributed by atoms with E-state index in [1.54, 1.807) is 0 Å². The number of nitrogens with zero attached hydrogens (tertiary/aromatic N) is 1. The number of aromatic nitrogens is 1. The smallest absolute Gasteiger partial charge is 0.227 e. The van der Waals surface area contributed by atoms with Gasteiger partial charge in [-0.05, 0) is 45.2 Å². The lowest BCUT2D eigenvalue weighted by atomic mass is 10.1. The summed E-state index contributed by atoms with van der Waals surface area (Å²) in [4.78, 5) is 17.4. The Bertz CT molecular complexity index is 629. The number of thiazole rings is 1. The molecule has 7 heteroatoms. The average Bonchev–Trinajstić information content (AvgIpc) is 2.87. The lowest BCUT2D eigenvalue weighted by molar-refractivity contribution is -0.116. The molecule has 0 aliphatic heterocycles. The van der Waals surface area contributed by atoms with Gasteiger partial charge in [0.15, 0.2) is 5.13 Å². The van der Waals surface area contributed by atoms with Gasteiger partial charge in [0.05, 0.1) is 12.3 Å². The van der Waals surface area contributed by atoms with Crippen molar-refractivity contribution in [3.63, 3.8) is 0 Å². The van der Waals surface area contributed by atoms with Crippen molar-refractivity contribution in [2.45, 2.75) is 20.3 Å². The molecule has 0 atom stereocenters. The van der Waals surface area contributed by atoms with Crippen molar-refractivity contribution in [1.82, 2.24) is 10.3 Å². The summed E-state index contributed by atoms with van der Waals surface area (Å²) in [5.41, 5.74) is 1.92. The molecule has 0 aliphatic carbocycles. The van der Waals surface area contributed by atoms with E-state index >= 15 is 0 Å². The first kappa shape index (κ1) is 19.4. The zero-order valence-corrected chi connectivity index (χ0v) is 15.1. The van der Waals surface area contributed by atoms with Crippen LogP contribution >= 0.6 is 23.7 Å². The number of amides is 1. The Morgan fingerprint density at radius 1 is 1.30 bits per heavy atom. The second-order valence-corrected chi connectivity index (χ2v) is 5.99. The summed E-state index contributed by atoms with van der Waals surface area (Å²) in [5.74, 6) is 0.820. The van der Waals surface area contributed by atoms with Crippen LogP contribution in [0.1, 0.15) is 18.2 Å². The van der Waals surface area contributed by atoms with Gasteiger partial charge in [0.1, 0.15) is 5.75 Å². The quantitative estimate of drug-likeness (QED) is 0.798. The van der Waals surface area contributed by atoms with Crippen molar-refractivity contribution in [2.24, 2.45) is 0 Å². The molecule has 2 aromatic rings. The molecule has 5 nitrogen and oxygen atoms in total. The third kappa shape index (κ3) is 5.49. The van der Waals surface area contributed by atoms with E-state index in [1.807, 2.05) is 45.2 Å². The number of benzene rings is 1. The third-order valence-corrected chi connectivity index (χ3v) is 3.97. The molecule has 0 fully saturated rings. The molecule has 0 saturated carbocycles. The molecule has 0 radical (unpaired) electrons. The molecule has 0 spiro atoms. The number of carbonyl (C=O) groups excluding carboxylic acids is 1. The molecule has 0 unspecified atom stereocenters. The summed E-state index contributed by atoms with van der Waals surface area (Å²) in [7, 11) is 1.82. The number of rotatable bonds is 7. The number of ether oxygens (including phenoxy) is 1. The van der Waals surface area contributed by atoms with Crippen molar-refractivity contribution >= 4 is 34.8 Å². The Morgan fingerprint density at radius 2 is 2.00 bits per heavy atom. The van der Waals surface area contributed by atoms with Gasteiger partial charge in [-0.1, -0.05) is 0 Å². The molecular formula is C16H22ClN3O2S. The number of aryl methyl sites for hydroxylation is 1. The number of carbonyl (C=O) groups is 1. The predicted octanol–water partition coefficient (Wildman–Crippen LogP) is 3.49. The molecule has 1 heterocycles. The summed E-state index contributed by atoms with van der Waals surface area (Å²) < 4.78 is 5.44. The van der Waals surface area contributed by atoms with Crippen LogP contribution < -0.4 is 15.4 Å². The fourth-order valence-electron chi connectivity index (χ4n) is 2.01. The highest BCUT2D eigenvalue weighted by Crippen LogP contribution is 2.31. The Hall–Kier alpha value is -1.63. The average molecular weight is 356 g/mol. The molecule has 2 N–H and O–H groups in total. The molecule has 0 aliphatic rings. The molecule has 126 valence electrons. The first-order valence-electron chi connectivity index (χ1n) is 7.29. The van der Waals surface area contributed by atoms with E-state index in [1.165, 1.54) is 11.3 Å². The van der Waals surface area contributed by atoms with Crippen LogP contribution in [0.4, 0.5) is 5.13 Å². The molecule has 1 amide bonds. The van der Waals surface area contributed by atoms with E-state index in [0.717, 1.165) is 21.9 Å². The summed E-state index contributed by atoms with van der Waals surface area (Å²) >= 11 is 1.49. The standard InChI is InChI=1S/C16H21N3O2S.ClH/c1-4-21-13-7-5-12(6-8-13)15-11(2)22-16(19-15)18-14(20)9-10-17-3;/h5-8,17H,4,9-10H2,1-3H3,(H,18,19,20);1H. The van der Waals surface area contributed by atoms with Gasteiger partial charge < -0.3 is 15.4 Å². The van der Waals surface area contributed by atoms with Gasteiger partial charge in [0.2, 0.25) is 5.91 Å². The Kier molecular flexibility index (Phi) is 8.02. The van der Waals surface area contributed by atoms with Crippen LogP contribution in [-0.4, -0.2) is 31.1 Å². The molecule has 1 aromatic carbocycles. The van der Waals surface area contributed by atoms with Crippen LogP contribution in [0, 0.1) is 6.92 Å². The maximum Gasteiger partial charge on any atom is 0.227 e. The lowest BCUT2D eigenvalue weighted by Crippen LogP contribution is -2.18. The minimum atomic E-state index is -0.0265. The summed E-state index contributed by atoms with van der Waals surface area (Å²) in [6.07, 6.45) is 0.438. The number of nitrogens with one attached hydrogen (secondary N) is 2. The second kappa shape index (κ2) is 9.50. The molecule has 0 saturated heterocycles. The topological polar surface area (TPSA) is 63.2 Å². The first-order valence-corrected chi connectivity index (χ1v) is 8.10. The van der Waals surface area contributed by atoms with E-state index in [4.69, 9.17) is 4.74 Å². The fraction of sp³-hybridized carbons (Fsp3) is 0.375. The Labute approximate surface area is 146 Å². The summed E-state index contributed by atoms with van der Waals surface area (Å²) in [6.45, 7) is 5.27. The SMILES string of the molecule is CCOc1ccc(-c2nc(NC(=O)CCNC)sc2C)cc1.Cl. The molecule has 23 heavy (non-hydrogen) atoms. The minimum Gasteiger partial charge on any atom is -0.494 e. The minimum absolute atomic E-state index is 0. The third-order valence-electron chi connectivity index (χ3n) is 3.08. The Balaban J connectivity index is 0.00000264. The van der Waals surface area contributed by atoms with E-state index in [9.17, 15) is 4.79 Å². The monoisotopic (exact) mass is 355 g/mol. The van der Waals surface area contributed by atoms with Crippen molar-refractivity contribution in [1.29, 1.82) is 0 Å². The number of anilines is 1. The summed E-state index contributed by atoms with van der Waals surface area (Å²) in [5, 5.41) is 6.44. The van der Waals surface area contributed by atoms with Crippen LogP contribution in [0.2, 0.25) is 0 Å². The van der Waals surface area contributed by atoms with Crippen molar-refractivity contribution < 1.29 is 9.53 Å². The van der Waals surface area contributed by atoms with Crippen molar-refractivity contribution in [3.8, 4) is 17.0 Å². The van der Waals surface area contributed by atoms with E-state index in [0.29, 0.717) is 24.7 Å². The van der Waals surface area contributed by atoms with Crippen molar-refractivity contribution in [3.05, 3.63) is 29.1 Å². The maximum absolute atomic E-state index is 11.7. The largest absolute Gasteiger partial charge is 0.494 e. The van der Waals surface area contributed by atoms with Gasteiger partial charge >= 0.3 is 0 Å². The molecule has 1 aromatic heterocycles. The summed E-state index contributed by atoms with van der Waals surface area (Å²) in [6, 6.07) is 7.84. The first-order chi connectivity index (χ1) is 10.6. The van der Waals surface area contributed by atoms with Gasteiger partial charge in [-0.25, -0.2) is 4.98 Å². The van der Waals surface area contributed by atoms with Gasteiger partial charge in [-0.15, -0.1) is 23.7 Å². The van der Waals surface area contributed by atoms with Gasteiger partial charge in [-0.3, -0.25) is 4.79 Å². The number of hydrogen-bond donors (Lipinski definition) is 2. The van der Waals surface area contributed by atoms with Gasteiger partial charge in [0.25, 0.3) is 0 Å². The normalized spacial score (nSPS) is 10.0. The van der Waals surface area contributed by atoms with E-state index < -0.39 is 0 Å². The zero-order valence-electron chi connectivity index (χ0n) is 13.5. The zero-order chi connectivity index (χ0) is 15.9. The number of hydrogen-bond acceptors (Lipinski definition) is 5. The highest BCUT2D eigenvalue weighted by molar-refractivity contribution is 7.16. The van der Waals surface area contributed by atoms with Gasteiger partial charge in [0, 0.05) is 23.4 Å². The van der Waals surface area contributed by atoms with E-state index in [2.05, 4.69) is 15.6 Å². The van der Waals surface area contributed by atoms with Crippen LogP contribution in [0.25, 0.3) is 11.3 Å². The molecular weight excluding hydrogens is 334 g/mol. The van der Waals surface area contributed by atoms with Crippen LogP contribution in [0.15, 0.2) is 24.3 Å². The van der Waals surface area contributed by atoms with Crippen molar-refractivity contribution in [2.75, 3.05) is 25.5 Å². The highest BCUT2D eigenvalue weighted by atomic mass is 35.5. The lowest BCUT2D eigenvalue weighted by Gasteiger charge is -2.04. The molecule has 2 rings (SSSR count). The van der Waals surface area contributed by atoms with Crippen LogP contribution in [0.5, 0.6) is 5.75 Å². The predicted molar refractivity (Wildman–Crippen MR) is 97.9 cm³/mol. The maximum atomic E-state index is 11.7. The van der Waals surface area contributed by atoms with Gasteiger partial charge in [-0.2, -0.15) is 0 Å². The highest BCUT2D eigenvalue weighted by Gasteiger charge is 2.12. The fourth-order valence-corrected chi connectivity index (χ4v) is 2.87. The van der Waals surface area contributed by atoms with Crippen LogP contribution in [-0.2, 0) is 4.79 Å². The Morgan fingerprint density at radius 3 is 2.61 bits per heavy atom. The van der Waals surface area contributed by atoms with Crippen LogP contribution in [0.3, 0.4) is 0 Å².